The molecule has 0 saturated heterocycles. The first-order valence-electron chi connectivity index (χ1n) is 6.23. The van der Waals surface area contributed by atoms with Crippen LogP contribution in [0.15, 0.2) is 40.2 Å². The average molecular weight is 341 g/mol. The molecule has 102 valence electrons. The summed E-state index contributed by atoms with van der Waals surface area (Å²) in [5.74, 6) is 0.836. The smallest absolute Gasteiger partial charge is 0.119 e. The topological polar surface area (TPSA) is 29.5 Å². The molecule has 0 saturated carbocycles. The molecule has 2 rings (SSSR count). The van der Waals surface area contributed by atoms with E-state index < -0.39 is 6.10 Å². The van der Waals surface area contributed by atoms with Gasteiger partial charge in [-0.25, -0.2) is 0 Å². The molecule has 1 aromatic carbocycles. The third-order valence-corrected chi connectivity index (χ3v) is 4.66. The SMILES string of the molecule is CC(C)Oc1ccc(C(O)Cc2sccc2Br)cc1. The van der Waals surface area contributed by atoms with E-state index in [-0.39, 0.29) is 6.10 Å². The molecule has 2 nitrogen and oxygen atoms in total. The zero-order chi connectivity index (χ0) is 13.8. The van der Waals surface area contributed by atoms with Crippen molar-refractivity contribution in [2.75, 3.05) is 0 Å². The summed E-state index contributed by atoms with van der Waals surface area (Å²) >= 11 is 5.14. The minimum Gasteiger partial charge on any atom is -0.491 e. The summed E-state index contributed by atoms with van der Waals surface area (Å²) in [7, 11) is 0. The van der Waals surface area contributed by atoms with Crippen molar-refractivity contribution in [2.45, 2.75) is 32.5 Å². The summed E-state index contributed by atoms with van der Waals surface area (Å²) in [4.78, 5) is 1.16. The highest BCUT2D eigenvalue weighted by Crippen LogP contribution is 2.28. The van der Waals surface area contributed by atoms with Crippen molar-refractivity contribution in [3.63, 3.8) is 0 Å². The highest BCUT2D eigenvalue weighted by Gasteiger charge is 2.12. The Bertz CT molecular complexity index is 519. The van der Waals surface area contributed by atoms with Crippen LogP contribution in [0.1, 0.15) is 30.4 Å². The van der Waals surface area contributed by atoms with E-state index in [2.05, 4.69) is 15.9 Å². The monoisotopic (exact) mass is 340 g/mol. The maximum atomic E-state index is 10.2. The van der Waals surface area contributed by atoms with Gasteiger partial charge in [0.1, 0.15) is 5.75 Å². The number of halogens is 1. The second-order valence-corrected chi connectivity index (χ2v) is 6.50. The molecule has 1 unspecified atom stereocenters. The molecule has 1 N–H and O–H groups in total. The maximum absolute atomic E-state index is 10.2. The molecule has 0 fully saturated rings. The Balaban J connectivity index is 2.03. The fourth-order valence-electron chi connectivity index (χ4n) is 1.80. The molecule has 1 heterocycles. The normalized spacial score (nSPS) is 12.7. The zero-order valence-corrected chi connectivity index (χ0v) is 13.4. The molecule has 2 aromatic rings. The second kappa shape index (κ2) is 6.55. The molecular weight excluding hydrogens is 324 g/mol. The molecule has 4 heteroatoms. The summed E-state index contributed by atoms with van der Waals surface area (Å²) in [5, 5.41) is 12.3. The predicted octanol–water partition coefficient (Wildman–Crippen LogP) is 4.57. The number of aliphatic hydroxyl groups excluding tert-OH is 1. The van der Waals surface area contributed by atoms with E-state index in [0.29, 0.717) is 6.42 Å². The van der Waals surface area contributed by atoms with Gasteiger partial charge in [-0.2, -0.15) is 0 Å². The van der Waals surface area contributed by atoms with Crippen LogP contribution in [-0.4, -0.2) is 11.2 Å². The van der Waals surface area contributed by atoms with Crippen molar-refractivity contribution in [3.05, 3.63) is 50.6 Å². The standard InChI is InChI=1S/C15H17BrO2S/c1-10(2)18-12-5-3-11(4-6-12)14(17)9-15-13(16)7-8-19-15/h3-8,10,14,17H,9H2,1-2H3. The average Bonchev–Trinajstić information content (AvgIpc) is 2.75. The Morgan fingerprint density at radius 1 is 1.21 bits per heavy atom. The van der Waals surface area contributed by atoms with E-state index in [1.807, 2.05) is 49.6 Å². The molecule has 19 heavy (non-hydrogen) atoms. The van der Waals surface area contributed by atoms with Crippen LogP contribution in [0.25, 0.3) is 0 Å². The summed E-state index contributed by atoms with van der Waals surface area (Å²) < 4.78 is 6.65. The number of aliphatic hydroxyl groups is 1. The van der Waals surface area contributed by atoms with E-state index in [0.717, 1.165) is 20.7 Å². The molecule has 1 aromatic heterocycles. The van der Waals surface area contributed by atoms with Crippen LogP contribution in [0.4, 0.5) is 0 Å². The number of benzene rings is 1. The minimum atomic E-state index is -0.483. The lowest BCUT2D eigenvalue weighted by atomic mass is 10.1. The van der Waals surface area contributed by atoms with Gasteiger partial charge in [-0.15, -0.1) is 11.3 Å². The lowest BCUT2D eigenvalue weighted by molar-refractivity contribution is 0.179. The van der Waals surface area contributed by atoms with Gasteiger partial charge in [0.05, 0.1) is 12.2 Å². The van der Waals surface area contributed by atoms with Crippen LogP contribution in [0.2, 0.25) is 0 Å². The van der Waals surface area contributed by atoms with Gasteiger partial charge in [0, 0.05) is 15.8 Å². The lowest BCUT2D eigenvalue weighted by Crippen LogP contribution is -2.06. The van der Waals surface area contributed by atoms with Crippen LogP contribution < -0.4 is 4.74 Å². The zero-order valence-electron chi connectivity index (χ0n) is 11.0. The van der Waals surface area contributed by atoms with E-state index in [1.165, 1.54) is 0 Å². The Labute approximate surface area is 126 Å². The summed E-state index contributed by atoms with van der Waals surface area (Å²) in [6, 6.07) is 9.66. The molecule has 0 amide bonds. The van der Waals surface area contributed by atoms with Crippen LogP contribution in [0.3, 0.4) is 0 Å². The molecule has 0 bridgehead atoms. The predicted molar refractivity (Wildman–Crippen MR) is 82.9 cm³/mol. The van der Waals surface area contributed by atoms with Crippen molar-refractivity contribution in [1.29, 1.82) is 0 Å². The number of rotatable bonds is 5. The molecule has 0 aliphatic carbocycles. The molecule has 1 atom stereocenters. The van der Waals surface area contributed by atoms with Gasteiger partial charge in [0.2, 0.25) is 0 Å². The quantitative estimate of drug-likeness (QED) is 0.863. The Morgan fingerprint density at radius 3 is 2.42 bits per heavy atom. The summed E-state index contributed by atoms with van der Waals surface area (Å²) in [6.07, 6.45) is 0.309. The summed E-state index contributed by atoms with van der Waals surface area (Å²) in [6.45, 7) is 3.99. The fraction of sp³-hybridized carbons (Fsp3) is 0.333. The molecular formula is C15H17BrO2S. The Morgan fingerprint density at radius 2 is 1.89 bits per heavy atom. The van der Waals surface area contributed by atoms with Crippen LogP contribution in [-0.2, 0) is 6.42 Å². The Hall–Kier alpha value is -0.840. The number of hydrogen-bond acceptors (Lipinski definition) is 3. The van der Waals surface area contributed by atoms with Crippen molar-refractivity contribution in [3.8, 4) is 5.75 Å². The van der Waals surface area contributed by atoms with Crippen molar-refractivity contribution in [2.24, 2.45) is 0 Å². The number of thiophene rings is 1. The van der Waals surface area contributed by atoms with Crippen molar-refractivity contribution in [1.82, 2.24) is 0 Å². The van der Waals surface area contributed by atoms with Gasteiger partial charge in [-0.1, -0.05) is 12.1 Å². The molecule has 0 aliphatic heterocycles. The van der Waals surface area contributed by atoms with Crippen LogP contribution >= 0.6 is 27.3 Å². The largest absolute Gasteiger partial charge is 0.491 e. The third-order valence-electron chi connectivity index (χ3n) is 2.71. The first kappa shape index (κ1) is 14.6. The molecule has 0 aliphatic rings. The van der Waals surface area contributed by atoms with Gasteiger partial charge in [0.15, 0.2) is 0 Å². The Kier molecular flexibility index (Phi) is 5.02. The van der Waals surface area contributed by atoms with Crippen LogP contribution in [0, 0.1) is 0 Å². The van der Waals surface area contributed by atoms with Crippen molar-refractivity contribution < 1.29 is 9.84 Å². The van der Waals surface area contributed by atoms with E-state index in [1.54, 1.807) is 11.3 Å². The van der Waals surface area contributed by atoms with Gasteiger partial charge < -0.3 is 9.84 Å². The highest BCUT2D eigenvalue weighted by molar-refractivity contribution is 9.10. The van der Waals surface area contributed by atoms with Gasteiger partial charge in [0.25, 0.3) is 0 Å². The first-order valence-corrected chi connectivity index (χ1v) is 7.90. The van der Waals surface area contributed by atoms with E-state index in [4.69, 9.17) is 4.74 Å². The van der Waals surface area contributed by atoms with Gasteiger partial charge >= 0.3 is 0 Å². The van der Waals surface area contributed by atoms with Crippen LogP contribution in [0.5, 0.6) is 5.75 Å². The maximum Gasteiger partial charge on any atom is 0.119 e. The number of ether oxygens (including phenoxy) is 1. The highest BCUT2D eigenvalue weighted by atomic mass is 79.9. The minimum absolute atomic E-state index is 0.165. The number of hydrogen-bond donors (Lipinski definition) is 1. The third kappa shape index (κ3) is 4.06. The van der Waals surface area contributed by atoms with Gasteiger partial charge in [-0.05, 0) is 58.9 Å². The van der Waals surface area contributed by atoms with E-state index in [9.17, 15) is 5.11 Å². The first-order chi connectivity index (χ1) is 9.06. The lowest BCUT2D eigenvalue weighted by Gasteiger charge is -2.13. The van der Waals surface area contributed by atoms with Gasteiger partial charge in [-0.3, -0.25) is 0 Å². The second-order valence-electron chi connectivity index (χ2n) is 4.65. The molecule has 0 radical (unpaired) electrons. The summed E-state index contributed by atoms with van der Waals surface area (Å²) in [5.41, 5.74) is 0.913. The fourth-order valence-corrected chi connectivity index (χ4v) is 3.36. The van der Waals surface area contributed by atoms with Crippen molar-refractivity contribution >= 4 is 27.3 Å². The molecule has 0 spiro atoms. The van der Waals surface area contributed by atoms with E-state index >= 15 is 0 Å².